The molecule has 0 aliphatic carbocycles. The Morgan fingerprint density at radius 3 is 2.95 bits per heavy atom. The van der Waals surface area contributed by atoms with E-state index in [-0.39, 0.29) is 6.10 Å². The molecule has 0 aliphatic rings. The van der Waals surface area contributed by atoms with Crippen LogP contribution in [0.15, 0.2) is 30.6 Å². The molecule has 2 aromatic heterocycles. The number of benzene rings is 1. The van der Waals surface area contributed by atoms with E-state index in [1.165, 1.54) is 6.33 Å². The SMILES string of the molecule is CC(C)OCc1cccc(-c2[nH]nc3ncnc(N)c23)c1. The number of nitrogen functional groups attached to an aromatic ring is 1. The van der Waals surface area contributed by atoms with Crippen LogP contribution in [0.4, 0.5) is 5.82 Å². The molecule has 0 amide bonds. The summed E-state index contributed by atoms with van der Waals surface area (Å²) in [6.07, 6.45) is 1.61. The quantitative estimate of drug-likeness (QED) is 0.768. The van der Waals surface area contributed by atoms with Crippen LogP contribution < -0.4 is 5.73 Å². The number of nitrogens with one attached hydrogen (secondary N) is 1. The zero-order valence-corrected chi connectivity index (χ0v) is 12.0. The van der Waals surface area contributed by atoms with Crippen LogP contribution in [-0.2, 0) is 11.3 Å². The van der Waals surface area contributed by atoms with Gasteiger partial charge >= 0.3 is 0 Å². The second-order valence-corrected chi connectivity index (χ2v) is 5.12. The van der Waals surface area contributed by atoms with Gasteiger partial charge in [-0.25, -0.2) is 9.97 Å². The summed E-state index contributed by atoms with van der Waals surface area (Å²) < 4.78 is 5.64. The number of fused-ring (bicyclic) bond motifs is 1. The Balaban J connectivity index is 2.01. The number of nitrogens with zero attached hydrogens (tertiary/aromatic N) is 3. The van der Waals surface area contributed by atoms with E-state index in [1.54, 1.807) is 0 Å². The van der Waals surface area contributed by atoms with Crippen LogP contribution in [0.5, 0.6) is 0 Å². The molecule has 6 heteroatoms. The number of H-pyrrole nitrogens is 1. The topological polar surface area (TPSA) is 89.7 Å². The lowest BCUT2D eigenvalue weighted by atomic mass is 10.1. The number of hydrogen-bond acceptors (Lipinski definition) is 5. The third-order valence-corrected chi connectivity index (χ3v) is 3.18. The molecule has 0 unspecified atom stereocenters. The molecule has 21 heavy (non-hydrogen) atoms. The van der Waals surface area contributed by atoms with Crippen molar-refractivity contribution in [1.82, 2.24) is 20.2 Å². The Labute approximate surface area is 122 Å². The average molecular weight is 283 g/mol. The first-order valence-electron chi connectivity index (χ1n) is 6.80. The lowest BCUT2D eigenvalue weighted by Gasteiger charge is -2.08. The van der Waals surface area contributed by atoms with Crippen LogP contribution in [0, 0.1) is 0 Å². The van der Waals surface area contributed by atoms with Crippen molar-refractivity contribution in [3.05, 3.63) is 36.2 Å². The zero-order valence-electron chi connectivity index (χ0n) is 12.0. The number of nitrogens with two attached hydrogens (primary N) is 1. The minimum absolute atomic E-state index is 0.200. The van der Waals surface area contributed by atoms with Crippen molar-refractivity contribution in [2.75, 3.05) is 5.73 Å². The number of hydrogen-bond donors (Lipinski definition) is 2. The molecule has 2 heterocycles. The smallest absolute Gasteiger partial charge is 0.186 e. The van der Waals surface area contributed by atoms with Crippen LogP contribution in [-0.4, -0.2) is 26.3 Å². The fourth-order valence-corrected chi connectivity index (χ4v) is 2.17. The molecule has 0 aliphatic heterocycles. The molecule has 3 aromatic rings. The van der Waals surface area contributed by atoms with Gasteiger partial charge in [0, 0.05) is 5.56 Å². The summed E-state index contributed by atoms with van der Waals surface area (Å²) in [7, 11) is 0. The van der Waals surface area contributed by atoms with E-state index in [4.69, 9.17) is 10.5 Å². The molecule has 0 fully saturated rings. The van der Waals surface area contributed by atoms with Gasteiger partial charge in [-0.2, -0.15) is 5.10 Å². The van der Waals surface area contributed by atoms with Gasteiger partial charge in [-0.05, 0) is 25.5 Å². The third kappa shape index (κ3) is 2.71. The minimum atomic E-state index is 0.200. The monoisotopic (exact) mass is 283 g/mol. The Morgan fingerprint density at radius 1 is 1.29 bits per heavy atom. The normalized spacial score (nSPS) is 11.4. The highest BCUT2D eigenvalue weighted by Gasteiger charge is 2.12. The summed E-state index contributed by atoms with van der Waals surface area (Å²) in [6.45, 7) is 4.61. The second kappa shape index (κ2) is 5.49. The first-order valence-corrected chi connectivity index (χ1v) is 6.80. The molecule has 0 saturated carbocycles. The molecule has 108 valence electrons. The molecule has 3 N–H and O–H groups in total. The largest absolute Gasteiger partial charge is 0.383 e. The summed E-state index contributed by atoms with van der Waals surface area (Å²) in [5.41, 5.74) is 9.42. The van der Waals surface area contributed by atoms with Crippen molar-refractivity contribution in [2.24, 2.45) is 0 Å². The first kappa shape index (κ1) is 13.5. The highest BCUT2D eigenvalue weighted by Crippen LogP contribution is 2.28. The molecule has 0 bridgehead atoms. The predicted octanol–water partition coefficient (Wildman–Crippen LogP) is 2.53. The van der Waals surface area contributed by atoms with Gasteiger partial charge in [0.05, 0.1) is 23.8 Å². The summed E-state index contributed by atoms with van der Waals surface area (Å²) >= 11 is 0. The molecule has 0 radical (unpaired) electrons. The average Bonchev–Trinajstić information content (AvgIpc) is 2.91. The van der Waals surface area contributed by atoms with Gasteiger partial charge in [-0.3, -0.25) is 5.10 Å². The van der Waals surface area contributed by atoms with Crippen LogP contribution in [0.1, 0.15) is 19.4 Å². The molecule has 3 rings (SSSR count). The molecule has 6 nitrogen and oxygen atoms in total. The van der Waals surface area contributed by atoms with E-state index >= 15 is 0 Å². The molecule has 0 atom stereocenters. The Bertz CT molecular complexity index is 766. The molecular formula is C15H17N5O. The standard InChI is InChI=1S/C15H17N5O/c1-9(2)21-7-10-4-3-5-11(6-10)13-12-14(16)17-8-18-15(12)20-19-13/h3-6,8-9H,7H2,1-2H3,(H3,16,17,18,19,20). The number of aromatic nitrogens is 4. The van der Waals surface area contributed by atoms with Crippen LogP contribution in [0.25, 0.3) is 22.3 Å². The van der Waals surface area contributed by atoms with Gasteiger partial charge < -0.3 is 10.5 Å². The van der Waals surface area contributed by atoms with Crippen molar-refractivity contribution in [3.8, 4) is 11.3 Å². The van der Waals surface area contributed by atoms with Crippen molar-refractivity contribution < 1.29 is 4.74 Å². The Morgan fingerprint density at radius 2 is 2.14 bits per heavy atom. The van der Waals surface area contributed by atoms with Gasteiger partial charge in [0.25, 0.3) is 0 Å². The van der Waals surface area contributed by atoms with Gasteiger partial charge in [0.15, 0.2) is 5.65 Å². The summed E-state index contributed by atoms with van der Waals surface area (Å²) in [5.74, 6) is 0.424. The van der Waals surface area contributed by atoms with Gasteiger partial charge in [0.1, 0.15) is 12.1 Å². The van der Waals surface area contributed by atoms with Crippen LogP contribution in [0.3, 0.4) is 0 Å². The highest BCUT2D eigenvalue weighted by molar-refractivity contribution is 5.97. The summed E-state index contributed by atoms with van der Waals surface area (Å²) in [4.78, 5) is 8.14. The van der Waals surface area contributed by atoms with Crippen molar-refractivity contribution >= 4 is 16.9 Å². The van der Waals surface area contributed by atoms with Crippen molar-refractivity contribution in [3.63, 3.8) is 0 Å². The lowest BCUT2D eigenvalue weighted by Crippen LogP contribution is -2.02. The second-order valence-electron chi connectivity index (χ2n) is 5.12. The molecule has 0 saturated heterocycles. The van der Waals surface area contributed by atoms with Gasteiger partial charge in [-0.1, -0.05) is 18.2 Å². The number of ether oxygens (including phenoxy) is 1. The third-order valence-electron chi connectivity index (χ3n) is 3.18. The fourth-order valence-electron chi connectivity index (χ4n) is 2.17. The van der Waals surface area contributed by atoms with Crippen LogP contribution in [0.2, 0.25) is 0 Å². The summed E-state index contributed by atoms with van der Waals surface area (Å²) in [5, 5.41) is 7.91. The maximum Gasteiger partial charge on any atom is 0.186 e. The Hall–Kier alpha value is -2.47. The van der Waals surface area contributed by atoms with E-state index in [0.717, 1.165) is 22.2 Å². The van der Waals surface area contributed by atoms with Gasteiger partial charge in [-0.15, -0.1) is 0 Å². The minimum Gasteiger partial charge on any atom is -0.383 e. The van der Waals surface area contributed by atoms with Crippen molar-refractivity contribution in [1.29, 1.82) is 0 Å². The first-order chi connectivity index (χ1) is 10.1. The number of aromatic amines is 1. The molecule has 1 aromatic carbocycles. The van der Waals surface area contributed by atoms with Crippen LogP contribution >= 0.6 is 0 Å². The summed E-state index contributed by atoms with van der Waals surface area (Å²) in [6, 6.07) is 8.07. The van der Waals surface area contributed by atoms with E-state index in [9.17, 15) is 0 Å². The highest BCUT2D eigenvalue weighted by atomic mass is 16.5. The van der Waals surface area contributed by atoms with E-state index in [1.807, 2.05) is 32.0 Å². The number of anilines is 1. The molecular weight excluding hydrogens is 266 g/mol. The molecule has 0 spiro atoms. The van der Waals surface area contributed by atoms with Crippen molar-refractivity contribution in [2.45, 2.75) is 26.6 Å². The zero-order chi connectivity index (χ0) is 14.8. The number of rotatable bonds is 4. The maximum atomic E-state index is 5.94. The van der Waals surface area contributed by atoms with E-state index in [2.05, 4.69) is 26.2 Å². The lowest BCUT2D eigenvalue weighted by molar-refractivity contribution is 0.0657. The van der Waals surface area contributed by atoms with E-state index in [0.29, 0.717) is 18.1 Å². The Kier molecular flexibility index (Phi) is 3.53. The fraction of sp³-hybridized carbons (Fsp3) is 0.267. The predicted molar refractivity (Wildman–Crippen MR) is 81.5 cm³/mol. The maximum absolute atomic E-state index is 5.94. The van der Waals surface area contributed by atoms with Gasteiger partial charge in [0.2, 0.25) is 0 Å². The van der Waals surface area contributed by atoms with E-state index < -0.39 is 0 Å².